The molecular weight excluding hydrogens is 264 g/mol. The summed E-state index contributed by atoms with van der Waals surface area (Å²) in [5.74, 6) is 1.04. The Labute approximate surface area is 118 Å². The average molecular weight is 283 g/mol. The molecule has 104 valence electrons. The molecule has 2 rings (SSSR count). The first-order valence-corrected chi connectivity index (χ1v) is 7.01. The van der Waals surface area contributed by atoms with Crippen LogP contribution >= 0.6 is 11.6 Å². The van der Waals surface area contributed by atoms with E-state index in [4.69, 9.17) is 16.3 Å². The van der Waals surface area contributed by atoms with Gasteiger partial charge in [-0.05, 0) is 6.07 Å². The van der Waals surface area contributed by atoms with Crippen LogP contribution < -0.4 is 4.74 Å². The van der Waals surface area contributed by atoms with Crippen molar-refractivity contribution in [3.8, 4) is 5.75 Å². The van der Waals surface area contributed by atoms with Crippen LogP contribution in [-0.2, 0) is 4.79 Å². The van der Waals surface area contributed by atoms with E-state index < -0.39 is 0 Å². The van der Waals surface area contributed by atoms with Crippen molar-refractivity contribution in [1.29, 1.82) is 0 Å². The Morgan fingerprint density at radius 3 is 2.74 bits per heavy atom. The number of nitrogens with zero attached hydrogens (tertiary/aromatic N) is 2. The van der Waals surface area contributed by atoms with Crippen LogP contribution in [0, 0.1) is 5.92 Å². The summed E-state index contributed by atoms with van der Waals surface area (Å²) in [5, 5.41) is 0.435. The number of piperidine rings is 1. The number of carbonyl (C=O) groups is 1. The second-order valence-electron chi connectivity index (χ2n) is 5.11. The molecule has 1 amide bonds. The average Bonchev–Trinajstić information content (AvgIpc) is 2.39. The van der Waals surface area contributed by atoms with Crippen LogP contribution in [-0.4, -0.2) is 35.0 Å². The van der Waals surface area contributed by atoms with Crippen molar-refractivity contribution in [2.24, 2.45) is 5.92 Å². The zero-order valence-corrected chi connectivity index (χ0v) is 12.1. The lowest BCUT2D eigenvalue weighted by Gasteiger charge is -2.33. The zero-order valence-electron chi connectivity index (χ0n) is 11.3. The molecule has 1 fully saturated rings. The molecule has 4 nitrogen and oxygen atoms in total. The fourth-order valence-corrected chi connectivity index (χ4v) is 2.37. The van der Waals surface area contributed by atoms with Gasteiger partial charge in [0.2, 0.25) is 5.91 Å². The maximum atomic E-state index is 11.9. The zero-order chi connectivity index (χ0) is 13.8. The second kappa shape index (κ2) is 6.24. The third kappa shape index (κ3) is 3.83. The predicted octanol–water partition coefficient (Wildman–Crippen LogP) is 2.76. The SMILES string of the molecule is CC(C)C(=O)N1CCC(Oc2ccnc(Cl)c2)CC1. The molecule has 0 spiro atoms. The van der Waals surface area contributed by atoms with Gasteiger partial charge < -0.3 is 9.64 Å². The highest BCUT2D eigenvalue weighted by molar-refractivity contribution is 6.29. The number of likely N-dealkylation sites (tertiary alicyclic amines) is 1. The van der Waals surface area contributed by atoms with Gasteiger partial charge in [-0.1, -0.05) is 25.4 Å². The van der Waals surface area contributed by atoms with Gasteiger partial charge >= 0.3 is 0 Å². The molecule has 0 aromatic carbocycles. The summed E-state index contributed by atoms with van der Waals surface area (Å²) < 4.78 is 5.86. The summed E-state index contributed by atoms with van der Waals surface area (Å²) in [7, 11) is 0. The number of carbonyl (C=O) groups excluding carboxylic acids is 1. The van der Waals surface area contributed by atoms with Crippen LogP contribution in [0.2, 0.25) is 5.15 Å². The molecule has 1 aliphatic rings. The highest BCUT2D eigenvalue weighted by atomic mass is 35.5. The molecule has 0 N–H and O–H groups in total. The standard InChI is InChI=1S/C14H19ClN2O2/c1-10(2)14(18)17-7-4-11(5-8-17)19-12-3-6-16-13(15)9-12/h3,6,9-11H,4-5,7-8H2,1-2H3. The molecule has 2 heterocycles. The molecule has 5 heteroatoms. The molecule has 0 atom stereocenters. The van der Waals surface area contributed by atoms with Crippen molar-refractivity contribution in [2.45, 2.75) is 32.8 Å². The normalized spacial score (nSPS) is 16.7. The summed E-state index contributed by atoms with van der Waals surface area (Å²) in [4.78, 5) is 17.7. The van der Waals surface area contributed by atoms with Crippen molar-refractivity contribution in [3.05, 3.63) is 23.5 Å². The molecule has 19 heavy (non-hydrogen) atoms. The molecule has 1 aliphatic heterocycles. The summed E-state index contributed by atoms with van der Waals surface area (Å²) in [6.45, 7) is 5.40. The van der Waals surface area contributed by atoms with Crippen molar-refractivity contribution in [3.63, 3.8) is 0 Å². The second-order valence-corrected chi connectivity index (χ2v) is 5.50. The number of amides is 1. The predicted molar refractivity (Wildman–Crippen MR) is 74.3 cm³/mol. The Morgan fingerprint density at radius 2 is 2.16 bits per heavy atom. The Hall–Kier alpha value is -1.29. The van der Waals surface area contributed by atoms with Crippen LogP contribution in [0.25, 0.3) is 0 Å². The van der Waals surface area contributed by atoms with E-state index in [0.29, 0.717) is 5.15 Å². The van der Waals surface area contributed by atoms with Gasteiger partial charge in [0.05, 0.1) is 0 Å². The molecule has 0 radical (unpaired) electrons. The number of aromatic nitrogens is 1. The topological polar surface area (TPSA) is 42.4 Å². The first-order chi connectivity index (χ1) is 9.06. The van der Waals surface area contributed by atoms with Crippen molar-refractivity contribution in [1.82, 2.24) is 9.88 Å². The number of halogens is 1. The number of pyridine rings is 1. The summed E-state index contributed by atoms with van der Waals surface area (Å²) in [6.07, 6.45) is 3.50. The highest BCUT2D eigenvalue weighted by Gasteiger charge is 2.25. The Morgan fingerprint density at radius 1 is 1.47 bits per heavy atom. The lowest BCUT2D eigenvalue weighted by Crippen LogP contribution is -2.43. The fourth-order valence-electron chi connectivity index (χ4n) is 2.21. The van der Waals surface area contributed by atoms with Gasteiger partial charge in [0, 0.05) is 44.1 Å². The van der Waals surface area contributed by atoms with E-state index in [-0.39, 0.29) is 17.9 Å². The minimum Gasteiger partial charge on any atom is -0.490 e. The van der Waals surface area contributed by atoms with Crippen molar-refractivity contribution >= 4 is 17.5 Å². The van der Waals surface area contributed by atoms with E-state index in [9.17, 15) is 4.79 Å². The quantitative estimate of drug-likeness (QED) is 0.801. The van der Waals surface area contributed by atoms with Gasteiger partial charge in [0.15, 0.2) is 0 Å². The monoisotopic (exact) mass is 282 g/mol. The van der Waals surface area contributed by atoms with Gasteiger partial charge in [-0.15, -0.1) is 0 Å². The lowest BCUT2D eigenvalue weighted by atomic mass is 10.1. The third-order valence-corrected chi connectivity index (χ3v) is 3.46. The van der Waals surface area contributed by atoms with Gasteiger partial charge in [0.25, 0.3) is 0 Å². The van der Waals surface area contributed by atoms with Gasteiger partial charge in [-0.25, -0.2) is 4.98 Å². The number of rotatable bonds is 3. The molecule has 1 aromatic heterocycles. The Kier molecular flexibility index (Phi) is 4.64. The van der Waals surface area contributed by atoms with Crippen LogP contribution in [0.1, 0.15) is 26.7 Å². The van der Waals surface area contributed by atoms with E-state index in [1.54, 1.807) is 18.3 Å². The number of hydrogen-bond donors (Lipinski definition) is 0. The minimum absolute atomic E-state index is 0.0662. The van der Waals surface area contributed by atoms with E-state index in [0.717, 1.165) is 31.7 Å². The Balaban J connectivity index is 1.85. The molecular formula is C14H19ClN2O2. The number of hydrogen-bond acceptors (Lipinski definition) is 3. The lowest BCUT2D eigenvalue weighted by molar-refractivity contribution is -0.136. The molecule has 0 bridgehead atoms. The maximum Gasteiger partial charge on any atom is 0.225 e. The maximum absolute atomic E-state index is 11.9. The molecule has 0 unspecified atom stereocenters. The van der Waals surface area contributed by atoms with Crippen molar-refractivity contribution < 1.29 is 9.53 Å². The molecule has 1 saturated heterocycles. The summed E-state index contributed by atoms with van der Waals surface area (Å²) in [5.41, 5.74) is 0. The minimum atomic E-state index is 0.0662. The Bertz CT molecular complexity index is 443. The van der Waals surface area contributed by atoms with Crippen molar-refractivity contribution in [2.75, 3.05) is 13.1 Å². The van der Waals surface area contributed by atoms with Gasteiger partial charge in [0.1, 0.15) is 17.0 Å². The highest BCUT2D eigenvalue weighted by Crippen LogP contribution is 2.21. The van der Waals surface area contributed by atoms with E-state index in [1.807, 2.05) is 18.7 Å². The van der Waals surface area contributed by atoms with Crippen LogP contribution in [0.3, 0.4) is 0 Å². The van der Waals surface area contributed by atoms with Crippen LogP contribution in [0.5, 0.6) is 5.75 Å². The largest absolute Gasteiger partial charge is 0.490 e. The third-order valence-electron chi connectivity index (χ3n) is 3.25. The van der Waals surface area contributed by atoms with E-state index in [2.05, 4.69) is 4.98 Å². The first kappa shape index (κ1) is 14.1. The molecule has 1 aromatic rings. The molecule has 0 aliphatic carbocycles. The smallest absolute Gasteiger partial charge is 0.225 e. The van der Waals surface area contributed by atoms with Crippen LogP contribution in [0.4, 0.5) is 0 Å². The fraction of sp³-hybridized carbons (Fsp3) is 0.571. The first-order valence-electron chi connectivity index (χ1n) is 6.63. The van der Waals surface area contributed by atoms with E-state index in [1.165, 1.54) is 0 Å². The van der Waals surface area contributed by atoms with Crippen LogP contribution in [0.15, 0.2) is 18.3 Å². The van der Waals surface area contributed by atoms with E-state index >= 15 is 0 Å². The summed E-state index contributed by atoms with van der Waals surface area (Å²) in [6, 6.07) is 3.52. The summed E-state index contributed by atoms with van der Waals surface area (Å²) >= 11 is 5.82. The molecule has 0 saturated carbocycles. The number of ether oxygens (including phenoxy) is 1. The van der Waals surface area contributed by atoms with Gasteiger partial charge in [-0.3, -0.25) is 4.79 Å². The van der Waals surface area contributed by atoms with Gasteiger partial charge in [-0.2, -0.15) is 0 Å².